The van der Waals surface area contributed by atoms with Crippen molar-refractivity contribution in [2.24, 2.45) is 0 Å². The molecular formula is C21H17N7O2. The van der Waals surface area contributed by atoms with Gasteiger partial charge in [0.05, 0.1) is 17.0 Å². The molecule has 3 heterocycles. The van der Waals surface area contributed by atoms with Gasteiger partial charge in [-0.15, -0.1) is 5.10 Å². The first-order valence-electron chi connectivity index (χ1n) is 9.39. The lowest BCUT2D eigenvalue weighted by molar-refractivity contribution is -0.386. The van der Waals surface area contributed by atoms with Crippen LogP contribution in [0.4, 0.5) is 5.69 Å². The van der Waals surface area contributed by atoms with E-state index in [0.717, 1.165) is 27.7 Å². The van der Waals surface area contributed by atoms with Crippen LogP contribution < -0.4 is 0 Å². The molecule has 2 aromatic carbocycles. The third-order valence-electron chi connectivity index (χ3n) is 5.19. The van der Waals surface area contributed by atoms with Crippen LogP contribution in [0.5, 0.6) is 0 Å². The van der Waals surface area contributed by atoms with E-state index in [-0.39, 0.29) is 10.6 Å². The number of benzene rings is 2. The maximum atomic E-state index is 11.3. The third-order valence-corrected chi connectivity index (χ3v) is 5.19. The van der Waals surface area contributed by atoms with Gasteiger partial charge < -0.3 is 0 Å². The molecule has 30 heavy (non-hydrogen) atoms. The van der Waals surface area contributed by atoms with E-state index >= 15 is 0 Å². The fourth-order valence-corrected chi connectivity index (χ4v) is 3.74. The second-order valence-corrected chi connectivity index (χ2v) is 7.06. The summed E-state index contributed by atoms with van der Waals surface area (Å²) >= 11 is 0. The van der Waals surface area contributed by atoms with Crippen LogP contribution in [0.3, 0.4) is 0 Å². The summed E-state index contributed by atoms with van der Waals surface area (Å²) in [5.74, 6) is 0.569. The quantitative estimate of drug-likeness (QED) is 0.337. The molecule has 0 unspecified atom stereocenters. The van der Waals surface area contributed by atoms with Crippen LogP contribution in [0.1, 0.15) is 17.0 Å². The minimum Gasteiger partial charge on any atom is -0.258 e. The van der Waals surface area contributed by atoms with Gasteiger partial charge in [-0.1, -0.05) is 36.4 Å². The number of hydrogen-bond donors (Lipinski definition) is 0. The molecule has 0 aliphatic heterocycles. The summed E-state index contributed by atoms with van der Waals surface area (Å²) in [7, 11) is 0. The van der Waals surface area contributed by atoms with Crippen molar-refractivity contribution in [3.63, 3.8) is 0 Å². The Morgan fingerprint density at radius 3 is 2.60 bits per heavy atom. The Morgan fingerprint density at radius 1 is 1.03 bits per heavy atom. The summed E-state index contributed by atoms with van der Waals surface area (Å²) in [6.07, 6.45) is 1.65. The van der Waals surface area contributed by atoms with Crippen molar-refractivity contribution in [1.29, 1.82) is 0 Å². The van der Waals surface area contributed by atoms with E-state index in [0.29, 0.717) is 23.8 Å². The van der Waals surface area contributed by atoms with Crippen LogP contribution in [0.15, 0.2) is 54.9 Å². The number of para-hydroxylation sites is 1. The minimum atomic E-state index is -0.387. The van der Waals surface area contributed by atoms with Gasteiger partial charge in [0.2, 0.25) is 0 Å². The van der Waals surface area contributed by atoms with Crippen LogP contribution in [-0.2, 0) is 6.54 Å². The molecule has 0 saturated carbocycles. The van der Waals surface area contributed by atoms with E-state index in [9.17, 15) is 10.1 Å². The molecule has 0 amide bonds. The maximum Gasteiger partial charge on any atom is 0.312 e. The van der Waals surface area contributed by atoms with E-state index in [2.05, 4.69) is 15.2 Å². The molecule has 9 nitrogen and oxygen atoms in total. The second-order valence-electron chi connectivity index (χ2n) is 7.06. The van der Waals surface area contributed by atoms with E-state index in [1.54, 1.807) is 29.4 Å². The molecule has 5 aromatic rings. The number of aromatic nitrogens is 6. The highest BCUT2D eigenvalue weighted by atomic mass is 16.6. The molecule has 5 rings (SSSR count). The first-order valence-corrected chi connectivity index (χ1v) is 9.39. The summed E-state index contributed by atoms with van der Waals surface area (Å²) < 4.78 is 3.32. The highest BCUT2D eigenvalue weighted by molar-refractivity contribution is 5.91. The second kappa shape index (κ2) is 6.73. The lowest BCUT2D eigenvalue weighted by Gasteiger charge is -2.08. The Balaban J connectivity index is 1.62. The smallest absolute Gasteiger partial charge is 0.258 e. The normalized spacial score (nSPS) is 11.4. The summed E-state index contributed by atoms with van der Waals surface area (Å²) in [6.45, 7) is 3.74. The fourth-order valence-electron chi connectivity index (χ4n) is 3.74. The van der Waals surface area contributed by atoms with Crippen LogP contribution in [-0.4, -0.2) is 34.3 Å². The fraction of sp³-hybridized carbons (Fsp3) is 0.143. The Hall–Kier alpha value is -4.14. The Labute approximate surface area is 170 Å². The monoisotopic (exact) mass is 399 g/mol. The molecule has 0 spiro atoms. The average Bonchev–Trinajstić information content (AvgIpc) is 3.29. The SMILES string of the molecule is Cc1nn(Cc2ccccc2-c2nc3c4ccccc4ncn3n2)c(C)c1[N+](=O)[O-]. The summed E-state index contributed by atoms with van der Waals surface area (Å²) in [6, 6.07) is 15.5. The van der Waals surface area contributed by atoms with Crippen molar-refractivity contribution < 1.29 is 4.92 Å². The number of fused-ring (bicyclic) bond motifs is 3. The first-order chi connectivity index (χ1) is 14.5. The van der Waals surface area contributed by atoms with Crippen molar-refractivity contribution in [3.8, 4) is 11.4 Å². The molecule has 0 radical (unpaired) electrons. The lowest BCUT2D eigenvalue weighted by Crippen LogP contribution is -2.06. The zero-order valence-electron chi connectivity index (χ0n) is 16.4. The maximum absolute atomic E-state index is 11.3. The molecule has 3 aromatic heterocycles. The van der Waals surface area contributed by atoms with Gasteiger partial charge >= 0.3 is 5.69 Å². The van der Waals surface area contributed by atoms with Gasteiger partial charge in [0.25, 0.3) is 0 Å². The number of aryl methyl sites for hydroxylation is 1. The predicted molar refractivity (Wildman–Crippen MR) is 111 cm³/mol. The van der Waals surface area contributed by atoms with E-state index in [1.165, 1.54) is 0 Å². The first kappa shape index (κ1) is 17.9. The van der Waals surface area contributed by atoms with Gasteiger partial charge in [-0.2, -0.15) is 5.10 Å². The molecule has 148 valence electrons. The molecule has 0 atom stereocenters. The molecular weight excluding hydrogens is 382 g/mol. The van der Waals surface area contributed by atoms with Crippen molar-refractivity contribution in [2.45, 2.75) is 20.4 Å². The van der Waals surface area contributed by atoms with Gasteiger partial charge in [0.15, 0.2) is 11.5 Å². The Bertz CT molecular complexity index is 1430. The van der Waals surface area contributed by atoms with Crippen molar-refractivity contribution in [2.75, 3.05) is 0 Å². The Morgan fingerprint density at radius 2 is 1.80 bits per heavy atom. The average molecular weight is 399 g/mol. The van der Waals surface area contributed by atoms with Crippen LogP contribution in [0.25, 0.3) is 27.9 Å². The minimum absolute atomic E-state index is 0.0517. The van der Waals surface area contributed by atoms with Gasteiger partial charge in [0, 0.05) is 10.9 Å². The molecule has 9 heteroatoms. The van der Waals surface area contributed by atoms with Gasteiger partial charge in [-0.05, 0) is 31.5 Å². The van der Waals surface area contributed by atoms with Crippen molar-refractivity contribution in [1.82, 2.24) is 29.4 Å². The standard InChI is InChI=1S/C21H17N7O2/c1-13-19(28(29)30)14(2)26(24-13)11-15-7-3-4-8-16(15)20-23-21-17-9-5-6-10-18(17)22-12-27(21)25-20/h3-10,12H,11H2,1-2H3. The highest BCUT2D eigenvalue weighted by Gasteiger charge is 2.22. The summed E-state index contributed by atoms with van der Waals surface area (Å²) in [5.41, 5.74) is 4.32. The van der Waals surface area contributed by atoms with Crippen LogP contribution in [0.2, 0.25) is 0 Å². The molecule has 0 N–H and O–H groups in total. The molecule has 0 fully saturated rings. The number of rotatable bonds is 4. The lowest BCUT2D eigenvalue weighted by atomic mass is 10.1. The van der Waals surface area contributed by atoms with Gasteiger partial charge in [-0.25, -0.2) is 14.5 Å². The van der Waals surface area contributed by atoms with Crippen LogP contribution in [0, 0.1) is 24.0 Å². The van der Waals surface area contributed by atoms with E-state index in [1.807, 2.05) is 48.5 Å². The molecule has 0 aliphatic rings. The van der Waals surface area contributed by atoms with Gasteiger partial charge in [0.1, 0.15) is 17.7 Å². The molecule has 0 aliphatic carbocycles. The zero-order valence-corrected chi connectivity index (χ0v) is 16.4. The third kappa shape index (κ3) is 2.79. The number of nitrogens with zero attached hydrogens (tertiary/aromatic N) is 7. The van der Waals surface area contributed by atoms with Crippen LogP contribution >= 0.6 is 0 Å². The molecule has 0 bridgehead atoms. The highest BCUT2D eigenvalue weighted by Crippen LogP contribution is 2.27. The summed E-state index contributed by atoms with van der Waals surface area (Å²) in [4.78, 5) is 20.1. The topological polar surface area (TPSA) is 104 Å². The largest absolute Gasteiger partial charge is 0.312 e. The number of hydrogen-bond acceptors (Lipinski definition) is 6. The zero-order chi connectivity index (χ0) is 20.8. The predicted octanol–water partition coefficient (Wildman–Crippen LogP) is 3.71. The molecule has 0 saturated heterocycles. The van der Waals surface area contributed by atoms with Crippen molar-refractivity contribution in [3.05, 3.63) is 81.9 Å². The summed E-state index contributed by atoms with van der Waals surface area (Å²) in [5, 5.41) is 21.2. The van der Waals surface area contributed by atoms with E-state index in [4.69, 9.17) is 4.98 Å². The van der Waals surface area contributed by atoms with E-state index < -0.39 is 0 Å². The number of nitro groups is 1. The Kier molecular flexibility index (Phi) is 4.02. The van der Waals surface area contributed by atoms with Crippen molar-refractivity contribution >= 4 is 22.2 Å². The van der Waals surface area contributed by atoms with Gasteiger partial charge in [-0.3, -0.25) is 14.8 Å².